The third kappa shape index (κ3) is 4.60. The molecule has 0 spiro atoms. The van der Waals surface area contributed by atoms with Gasteiger partial charge < -0.3 is 15.5 Å². The van der Waals surface area contributed by atoms with E-state index in [9.17, 15) is 4.79 Å². The van der Waals surface area contributed by atoms with Crippen molar-refractivity contribution in [3.8, 4) is 0 Å². The third-order valence-electron chi connectivity index (χ3n) is 4.99. The maximum Gasteiger partial charge on any atom is 0.291 e. The van der Waals surface area contributed by atoms with Crippen molar-refractivity contribution in [2.24, 2.45) is 0 Å². The first-order valence-electron chi connectivity index (χ1n) is 9.26. The molecule has 0 atom stereocenters. The maximum atomic E-state index is 13.0. The lowest BCUT2D eigenvalue weighted by atomic mass is 10.1. The van der Waals surface area contributed by atoms with Crippen molar-refractivity contribution >= 4 is 52.5 Å². The Morgan fingerprint density at radius 1 is 1.24 bits per heavy atom. The fraction of sp³-hybridized carbons (Fsp3) is 0.368. The van der Waals surface area contributed by atoms with E-state index < -0.39 is 0 Å². The average Bonchev–Trinajstić information content (AvgIpc) is 3.12. The number of piperidine rings is 1. The lowest BCUT2D eigenvalue weighted by molar-refractivity contribution is 0.0695. The minimum absolute atomic E-state index is 0. The van der Waals surface area contributed by atoms with Crippen LogP contribution in [0, 0.1) is 6.92 Å². The molecule has 0 saturated carbocycles. The highest BCUT2D eigenvalue weighted by molar-refractivity contribution is 6.31. The Bertz CT molecular complexity index is 1010. The number of aryl methyl sites for hydroxylation is 1. The molecule has 1 saturated heterocycles. The second kappa shape index (κ2) is 8.94. The van der Waals surface area contributed by atoms with Gasteiger partial charge in [-0.2, -0.15) is 5.10 Å². The molecule has 1 amide bonds. The predicted molar refractivity (Wildman–Crippen MR) is 116 cm³/mol. The number of fused-ring (bicyclic) bond motifs is 1. The number of carbonyl (C=O) groups is 1. The molecule has 10 heteroatoms. The van der Waals surface area contributed by atoms with Crippen molar-refractivity contribution in [2.45, 2.75) is 25.8 Å². The number of amides is 1. The van der Waals surface area contributed by atoms with Crippen LogP contribution in [-0.4, -0.2) is 57.2 Å². The molecule has 4 rings (SSSR count). The van der Waals surface area contributed by atoms with E-state index in [0.29, 0.717) is 41.3 Å². The number of rotatable bonds is 4. The zero-order chi connectivity index (χ0) is 19.7. The Morgan fingerprint density at radius 3 is 2.66 bits per heavy atom. The van der Waals surface area contributed by atoms with Crippen LogP contribution in [0.5, 0.6) is 0 Å². The van der Waals surface area contributed by atoms with Crippen molar-refractivity contribution in [3.63, 3.8) is 0 Å². The topological polar surface area (TPSA) is 98.8 Å². The Balaban J connectivity index is 0.00000240. The minimum Gasteiger partial charge on any atom is -0.336 e. The van der Waals surface area contributed by atoms with Crippen LogP contribution in [0.4, 0.5) is 11.6 Å². The smallest absolute Gasteiger partial charge is 0.291 e. The van der Waals surface area contributed by atoms with Gasteiger partial charge in [0.15, 0.2) is 5.82 Å². The highest BCUT2D eigenvalue weighted by atomic mass is 35.5. The molecule has 3 aromatic rings. The number of hydrogen-bond acceptors (Lipinski definition) is 6. The Labute approximate surface area is 179 Å². The van der Waals surface area contributed by atoms with Gasteiger partial charge in [-0.3, -0.25) is 9.89 Å². The number of halogens is 2. The first-order chi connectivity index (χ1) is 13.5. The molecule has 29 heavy (non-hydrogen) atoms. The minimum atomic E-state index is -0.160. The molecule has 1 aromatic carbocycles. The molecule has 0 bridgehead atoms. The van der Waals surface area contributed by atoms with Crippen molar-refractivity contribution in [1.29, 1.82) is 0 Å². The van der Waals surface area contributed by atoms with Crippen molar-refractivity contribution in [1.82, 2.24) is 30.4 Å². The van der Waals surface area contributed by atoms with Crippen LogP contribution in [0.3, 0.4) is 0 Å². The van der Waals surface area contributed by atoms with E-state index in [0.717, 1.165) is 23.9 Å². The highest BCUT2D eigenvalue weighted by Crippen LogP contribution is 2.27. The van der Waals surface area contributed by atoms with Gasteiger partial charge >= 0.3 is 0 Å². The highest BCUT2D eigenvalue weighted by Gasteiger charge is 2.25. The third-order valence-corrected chi connectivity index (χ3v) is 5.23. The van der Waals surface area contributed by atoms with Gasteiger partial charge in [-0.05, 0) is 45.0 Å². The number of nitrogens with zero attached hydrogens (tertiary/aromatic N) is 4. The lowest BCUT2D eigenvalue weighted by Crippen LogP contribution is -2.44. The molecular weight excluding hydrogens is 413 g/mol. The van der Waals surface area contributed by atoms with E-state index in [1.54, 1.807) is 18.2 Å². The molecule has 0 radical (unpaired) electrons. The van der Waals surface area contributed by atoms with Gasteiger partial charge in [-0.1, -0.05) is 11.6 Å². The van der Waals surface area contributed by atoms with E-state index >= 15 is 0 Å². The second-order valence-electron chi connectivity index (χ2n) is 6.97. The van der Waals surface area contributed by atoms with Crippen LogP contribution < -0.4 is 10.6 Å². The van der Waals surface area contributed by atoms with E-state index in [1.165, 1.54) is 0 Å². The van der Waals surface area contributed by atoms with E-state index in [2.05, 4.69) is 30.8 Å². The van der Waals surface area contributed by atoms with Gasteiger partial charge in [0.25, 0.3) is 5.91 Å². The molecule has 2 aromatic heterocycles. The largest absolute Gasteiger partial charge is 0.336 e. The zero-order valence-corrected chi connectivity index (χ0v) is 17.8. The fourth-order valence-electron chi connectivity index (χ4n) is 3.41. The fourth-order valence-corrected chi connectivity index (χ4v) is 3.58. The molecule has 154 valence electrons. The lowest BCUT2D eigenvalue weighted by Gasteiger charge is -2.31. The van der Waals surface area contributed by atoms with Gasteiger partial charge in [-0.15, -0.1) is 12.4 Å². The average molecular weight is 436 g/mol. The van der Waals surface area contributed by atoms with Gasteiger partial charge in [0.1, 0.15) is 5.82 Å². The van der Waals surface area contributed by atoms with Crippen LogP contribution in [0.25, 0.3) is 10.9 Å². The van der Waals surface area contributed by atoms with Gasteiger partial charge in [0.2, 0.25) is 5.82 Å². The van der Waals surface area contributed by atoms with E-state index in [-0.39, 0.29) is 24.1 Å². The van der Waals surface area contributed by atoms with Gasteiger partial charge in [0.05, 0.1) is 5.52 Å². The first-order valence-corrected chi connectivity index (χ1v) is 9.64. The number of nitrogens with one attached hydrogen (secondary N) is 3. The quantitative estimate of drug-likeness (QED) is 0.581. The Hall–Kier alpha value is -2.42. The first kappa shape index (κ1) is 21.3. The summed E-state index contributed by atoms with van der Waals surface area (Å²) in [7, 11) is 1.95. The molecule has 0 aliphatic carbocycles. The summed E-state index contributed by atoms with van der Waals surface area (Å²) in [4.78, 5) is 23.8. The number of aromatic nitrogens is 4. The number of likely N-dealkylation sites (tertiary alicyclic amines) is 1. The Morgan fingerprint density at radius 2 is 2.00 bits per heavy atom. The summed E-state index contributed by atoms with van der Waals surface area (Å²) in [6, 6.07) is 7.65. The van der Waals surface area contributed by atoms with Crippen LogP contribution in [-0.2, 0) is 0 Å². The summed E-state index contributed by atoms with van der Waals surface area (Å²) in [5.41, 5.74) is 1.57. The summed E-state index contributed by atoms with van der Waals surface area (Å²) in [5.74, 6) is 1.14. The number of hydrogen-bond donors (Lipinski definition) is 3. The molecule has 1 aliphatic heterocycles. The van der Waals surface area contributed by atoms with E-state index in [1.807, 2.05) is 24.9 Å². The molecule has 1 fully saturated rings. The van der Waals surface area contributed by atoms with E-state index in [4.69, 9.17) is 11.6 Å². The molecule has 8 nitrogen and oxygen atoms in total. The van der Waals surface area contributed by atoms with Crippen molar-refractivity contribution in [3.05, 3.63) is 40.8 Å². The molecule has 3 heterocycles. The maximum absolute atomic E-state index is 13.0. The summed E-state index contributed by atoms with van der Waals surface area (Å²) in [5, 5.41) is 14.8. The number of carbonyl (C=O) groups excluding carboxylic acids is 1. The monoisotopic (exact) mass is 435 g/mol. The van der Waals surface area contributed by atoms with Crippen LogP contribution in [0.15, 0.2) is 24.3 Å². The molecule has 3 N–H and O–H groups in total. The SMILES string of the molecule is CNC1CCN(C(=O)c2nc(Nc3cc(C)[nH]n3)c3cc(Cl)ccc3n2)CC1.Cl. The molecule has 1 aliphatic rings. The second-order valence-corrected chi connectivity index (χ2v) is 7.41. The summed E-state index contributed by atoms with van der Waals surface area (Å²) >= 11 is 6.16. The zero-order valence-electron chi connectivity index (χ0n) is 16.2. The van der Waals surface area contributed by atoms with Crippen LogP contribution in [0.1, 0.15) is 29.2 Å². The normalized spacial score (nSPS) is 14.7. The molecule has 0 unspecified atom stereocenters. The van der Waals surface area contributed by atoms with Crippen molar-refractivity contribution < 1.29 is 4.79 Å². The van der Waals surface area contributed by atoms with Crippen LogP contribution >= 0.6 is 24.0 Å². The van der Waals surface area contributed by atoms with Gasteiger partial charge in [0, 0.05) is 41.3 Å². The summed E-state index contributed by atoms with van der Waals surface area (Å²) in [6.45, 7) is 3.29. The molecular formula is C19H23Cl2N7O. The summed E-state index contributed by atoms with van der Waals surface area (Å²) < 4.78 is 0. The Kier molecular flexibility index (Phi) is 6.56. The van der Waals surface area contributed by atoms with Crippen LogP contribution in [0.2, 0.25) is 5.02 Å². The summed E-state index contributed by atoms with van der Waals surface area (Å²) in [6.07, 6.45) is 1.84. The van der Waals surface area contributed by atoms with Crippen molar-refractivity contribution in [2.75, 3.05) is 25.5 Å². The number of aromatic amines is 1. The standard InChI is InChI=1S/C19H22ClN7O.ClH/c1-11-9-16(26-25-11)23-17-14-10-12(20)3-4-15(14)22-18(24-17)19(28)27-7-5-13(21-2)6-8-27;/h3-4,9-10,13,21H,5-8H2,1-2H3,(H2,22,23,24,25,26);1H. The number of H-pyrrole nitrogens is 1. The number of anilines is 2. The predicted octanol–water partition coefficient (Wildman–Crippen LogP) is 3.30. The van der Waals surface area contributed by atoms with Gasteiger partial charge in [-0.25, -0.2) is 9.97 Å². The number of benzene rings is 1.